The van der Waals surface area contributed by atoms with Crippen LogP contribution in [-0.2, 0) is 0 Å². The quantitative estimate of drug-likeness (QED) is 0.188. The summed E-state index contributed by atoms with van der Waals surface area (Å²) in [6, 6.07) is 28.0. The first kappa shape index (κ1) is 16.8. The topological polar surface area (TPSA) is 13.1 Å². The number of hydrogen-bond acceptors (Lipinski definition) is 1. The summed E-state index contributed by atoms with van der Waals surface area (Å²) < 4.78 is 103. The van der Waals surface area contributed by atoms with Gasteiger partial charge in [0.1, 0.15) is 11.2 Å². The zero-order valence-electron chi connectivity index (χ0n) is 34.7. The molecule has 0 fully saturated rings. The highest BCUT2D eigenvalue weighted by atomic mass is 16.3. The number of furan rings is 1. The Kier molecular flexibility index (Phi) is 3.87. The third-order valence-electron chi connectivity index (χ3n) is 8.27. The Morgan fingerprint density at radius 1 is 0.378 bits per heavy atom. The molecule has 0 aliphatic heterocycles. The molecule has 1 nitrogen and oxygen atoms in total. The smallest absolute Gasteiger partial charge is 0.143 e. The summed E-state index contributed by atoms with van der Waals surface area (Å²) in [6.07, 6.45) is 0. The highest BCUT2D eigenvalue weighted by Gasteiger charge is 2.18. The van der Waals surface area contributed by atoms with E-state index in [9.17, 15) is 4.11 Å². The molecule has 0 aliphatic carbocycles. The third-order valence-corrected chi connectivity index (χ3v) is 8.27. The van der Waals surface area contributed by atoms with Gasteiger partial charge in [-0.25, -0.2) is 0 Å². The largest absolute Gasteiger partial charge is 0.455 e. The fourth-order valence-corrected chi connectivity index (χ4v) is 6.27. The summed E-state index contributed by atoms with van der Waals surface area (Å²) in [5.74, 6) is 0. The number of benzene rings is 8. The van der Waals surface area contributed by atoms with Crippen LogP contribution < -0.4 is 0 Å². The Bertz CT molecular complexity index is 3050. The molecule has 9 rings (SSSR count). The lowest BCUT2D eigenvalue weighted by Gasteiger charge is -2.18. The van der Waals surface area contributed by atoms with Gasteiger partial charge < -0.3 is 4.42 Å². The molecule has 8 aromatic carbocycles. The van der Waals surface area contributed by atoms with Crippen LogP contribution in [0, 0.1) is 0 Å². The Hall–Kier alpha value is -5.92. The predicted molar refractivity (Wildman–Crippen MR) is 190 cm³/mol. The zero-order valence-corrected chi connectivity index (χ0v) is 23.7. The van der Waals surface area contributed by atoms with E-state index in [1.807, 2.05) is 66.7 Å². The first-order valence-corrected chi connectivity index (χ1v) is 14.5. The van der Waals surface area contributed by atoms with Crippen molar-refractivity contribution in [3.05, 3.63) is 170 Å². The van der Waals surface area contributed by atoms with Crippen LogP contribution in [0.15, 0.2) is 174 Å². The molecular formula is C44H28O. The number of fused-ring (bicyclic) bond motifs is 5. The maximum absolute atomic E-state index is 9.75. The molecular weight excluding hydrogens is 544 g/mol. The minimum Gasteiger partial charge on any atom is -0.455 e. The summed E-state index contributed by atoms with van der Waals surface area (Å²) in [7, 11) is 0. The summed E-state index contributed by atoms with van der Waals surface area (Å²) in [5, 5.41) is 2.99. The van der Waals surface area contributed by atoms with Crippen LogP contribution in [0.1, 0.15) is 15.1 Å². The van der Waals surface area contributed by atoms with Crippen molar-refractivity contribution in [2.75, 3.05) is 0 Å². The SMILES string of the molecule is [2H]c1c([2H])c([2H])c(-c2c([2H])c([2H])c([2H])c3c2oc2c([2H])c([2H])c(-c4c5ccccc5c(-c5ccc(-c6ccccc6)cc5)c5ccccc45)c([2H])c23)c([2H])c1[2H]. The first-order chi connectivity index (χ1) is 26.9. The maximum atomic E-state index is 9.75. The third kappa shape index (κ3) is 4.17. The van der Waals surface area contributed by atoms with Gasteiger partial charge in [-0.05, 0) is 72.6 Å². The van der Waals surface area contributed by atoms with Gasteiger partial charge in [-0.1, -0.05) is 158 Å². The fraction of sp³-hybridized carbons (Fsp3) is 0. The lowest BCUT2D eigenvalue weighted by atomic mass is 9.85. The minimum absolute atomic E-state index is 0.0446. The Morgan fingerprint density at radius 2 is 0.956 bits per heavy atom. The van der Waals surface area contributed by atoms with E-state index in [0.29, 0.717) is 5.56 Å². The molecule has 0 atom stereocenters. The molecule has 0 radical (unpaired) electrons. The van der Waals surface area contributed by atoms with E-state index >= 15 is 0 Å². The van der Waals surface area contributed by atoms with E-state index in [0.717, 1.165) is 43.8 Å². The molecule has 9 aromatic rings. The van der Waals surface area contributed by atoms with E-state index in [-0.39, 0.29) is 45.2 Å². The van der Waals surface area contributed by atoms with Crippen LogP contribution in [0.3, 0.4) is 0 Å². The van der Waals surface area contributed by atoms with E-state index in [1.165, 1.54) is 0 Å². The standard InChI is InChI=1S/C44H28O/c1-3-12-29(13-4-1)30-22-24-32(25-23-30)42-35-16-7-9-18-37(35)43(38-19-10-8-17-36(38)42)33-26-27-41-40(28-33)39-21-11-20-34(44(39)45-41)31-14-5-2-6-15-31/h1-28H/i2D,5D,6D,11D,14D,15D,20D,21D,26D,27D,28D. The predicted octanol–water partition coefficient (Wildman–Crippen LogP) is 12.6. The van der Waals surface area contributed by atoms with E-state index < -0.39 is 59.9 Å². The van der Waals surface area contributed by atoms with Crippen LogP contribution in [-0.4, -0.2) is 0 Å². The van der Waals surface area contributed by atoms with Gasteiger partial charge in [-0.3, -0.25) is 0 Å². The average Bonchev–Trinajstić information content (AvgIpc) is 3.63. The van der Waals surface area contributed by atoms with Gasteiger partial charge in [0.2, 0.25) is 0 Å². The van der Waals surface area contributed by atoms with Crippen molar-refractivity contribution < 1.29 is 19.5 Å². The Morgan fingerprint density at radius 3 is 1.62 bits per heavy atom. The Labute approximate surface area is 277 Å². The second kappa shape index (κ2) is 10.4. The average molecular weight is 584 g/mol. The van der Waals surface area contributed by atoms with E-state index in [4.69, 9.17) is 15.4 Å². The van der Waals surface area contributed by atoms with Gasteiger partial charge in [0.15, 0.2) is 0 Å². The summed E-state index contributed by atoms with van der Waals surface area (Å²) >= 11 is 0. The lowest BCUT2D eigenvalue weighted by molar-refractivity contribution is 0.670. The van der Waals surface area contributed by atoms with Gasteiger partial charge in [-0.15, -0.1) is 0 Å². The summed E-state index contributed by atoms with van der Waals surface area (Å²) in [6.45, 7) is 0. The Balaban J connectivity index is 1.38. The zero-order chi connectivity index (χ0) is 39.3. The van der Waals surface area contributed by atoms with Crippen molar-refractivity contribution in [2.24, 2.45) is 0 Å². The van der Waals surface area contributed by atoms with Crippen molar-refractivity contribution in [1.29, 1.82) is 0 Å². The second-order valence-corrected chi connectivity index (χ2v) is 10.8. The molecule has 0 unspecified atom stereocenters. The molecule has 0 N–H and O–H groups in total. The summed E-state index contributed by atoms with van der Waals surface area (Å²) in [4.78, 5) is 0. The van der Waals surface area contributed by atoms with Gasteiger partial charge in [-0.2, -0.15) is 0 Å². The maximum Gasteiger partial charge on any atom is 0.143 e. The van der Waals surface area contributed by atoms with Crippen LogP contribution >= 0.6 is 0 Å². The van der Waals surface area contributed by atoms with Gasteiger partial charge >= 0.3 is 0 Å². The minimum atomic E-state index is -0.654. The van der Waals surface area contributed by atoms with Crippen molar-refractivity contribution in [3.63, 3.8) is 0 Å². The molecule has 0 amide bonds. The fourth-order valence-electron chi connectivity index (χ4n) is 6.27. The van der Waals surface area contributed by atoms with Crippen LogP contribution in [0.25, 0.3) is 88.0 Å². The monoisotopic (exact) mass is 583 g/mol. The normalized spacial score (nSPS) is 15.0. The van der Waals surface area contributed by atoms with Crippen LogP contribution in [0.4, 0.5) is 0 Å². The van der Waals surface area contributed by atoms with Crippen molar-refractivity contribution in [1.82, 2.24) is 0 Å². The highest BCUT2D eigenvalue weighted by molar-refractivity contribution is 6.22. The van der Waals surface area contributed by atoms with E-state index in [2.05, 4.69) is 36.4 Å². The van der Waals surface area contributed by atoms with Crippen LogP contribution in [0.5, 0.6) is 0 Å². The van der Waals surface area contributed by atoms with Crippen molar-refractivity contribution in [2.45, 2.75) is 0 Å². The van der Waals surface area contributed by atoms with E-state index in [1.54, 1.807) is 0 Å². The van der Waals surface area contributed by atoms with Crippen molar-refractivity contribution >= 4 is 43.5 Å². The van der Waals surface area contributed by atoms with Crippen LogP contribution in [0.2, 0.25) is 0 Å². The molecule has 45 heavy (non-hydrogen) atoms. The number of hydrogen-bond donors (Lipinski definition) is 0. The highest BCUT2D eigenvalue weighted by Crippen LogP contribution is 2.45. The molecule has 1 heteroatoms. The molecule has 0 spiro atoms. The number of rotatable bonds is 4. The molecule has 0 saturated carbocycles. The van der Waals surface area contributed by atoms with Gasteiger partial charge in [0, 0.05) is 16.3 Å². The second-order valence-electron chi connectivity index (χ2n) is 10.8. The first-order valence-electron chi connectivity index (χ1n) is 20.0. The molecule has 0 aliphatic rings. The van der Waals surface area contributed by atoms with Gasteiger partial charge in [0.05, 0.1) is 15.1 Å². The summed E-state index contributed by atoms with van der Waals surface area (Å²) in [5.41, 5.74) is 3.49. The molecule has 1 aromatic heterocycles. The van der Waals surface area contributed by atoms with Gasteiger partial charge in [0.25, 0.3) is 0 Å². The molecule has 1 heterocycles. The number of para-hydroxylation sites is 1. The molecule has 0 bridgehead atoms. The molecule has 0 saturated heterocycles. The molecule has 210 valence electrons. The van der Waals surface area contributed by atoms with Crippen molar-refractivity contribution in [3.8, 4) is 44.5 Å². The lowest BCUT2D eigenvalue weighted by Crippen LogP contribution is -1.91.